The van der Waals surface area contributed by atoms with Crippen molar-refractivity contribution >= 4 is 23.4 Å². The molecular weight excluding hydrogens is 248 g/mol. The number of hydrogen-bond acceptors (Lipinski definition) is 4. The maximum atomic E-state index is 5.36. The molecule has 0 spiro atoms. The number of aryl methyl sites for hydroxylation is 1. The van der Waals surface area contributed by atoms with Crippen molar-refractivity contribution in [1.82, 2.24) is 29.3 Å². The maximum Gasteiger partial charge on any atom is 0.179 e. The van der Waals surface area contributed by atoms with E-state index in [0.717, 1.165) is 17.0 Å². The minimum Gasteiger partial charge on any atom is -0.329 e. The highest BCUT2D eigenvalue weighted by molar-refractivity contribution is 7.71. The Morgan fingerprint density at radius 1 is 1.44 bits per heavy atom. The van der Waals surface area contributed by atoms with Crippen LogP contribution in [0.5, 0.6) is 0 Å². The van der Waals surface area contributed by atoms with E-state index in [-0.39, 0.29) is 6.04 Å². The fourth-order valence-corrected chi connectivity index (χ4v) is 2.46. The number of nitrogens with one attached hydrogen (secondary N) is 1. The first kappa shape index (κ1) is 11.1. The van der Waals surface area contributed by atoms with E-state index in [1.165, 1.54) is 0 Å². The fourth-order valence-electron chi connectivity index (χ4n) is 2.10. The zero-order chi connectivity index (χ0) is 12.7. The Balaban J connectivity index is 2.23. The SMILES string of the molecule is CC(c1nncn1C)n1c(=S)[nH]c2cccnc21. The summed E-state index contributed by atoms with van der Waals surface area (Å²) in [7, 11) is 1.91. The number of nitrogens with zero attached hydrogens (tertiary/aromatic N) is 5. The third-order valence-electron chi connectivity index (χ3n) is 2.98. The van der Waals surface area contributed by atoms with Gasteiger partial charge in [-0.15, -0.1) is 10.2 Å². The Labute approximate surface area is 108 Å². The first-order valence-electron chi connectivity index (χ1n) is 5.57. The number of imidazole rings is 1. The van der Waals surface area contributed by atoms with Gasteiger partial charge in [0.25, 0.3) is 0 Å². The van der Waals surface area contributed by atoms with Crippen LogP contribution in [0, 0.1) is 4.77 Å². The van der Waals surface area contributed by atoms with E-state index in [2.05, 4.69) is 20.2 Å². The minimum atomic E-state index is -0.0198. The van der Waals surface area contributed by atoms with E-state index < -0.39 is 0 Å². The molecule has 0 saturated heterocycles. The van der Waals surface area contributed by atoms with Gasteiger partial charge in [0.1, 0.15) is 6.33 Å². The number of pyridine rings is 1. The van der Waals surface area contributed by atoms with Crippen molar-refractivity contribution in [3.8, 4) is 0 Å². The van der Waals surface area contributed by atoms with Crippen LogP contribution in [0.25, 0.3) is 11.2 Å². The van der Waals surface area contributed by atoms with Crippen molar-refractivity contribution in [2.75, 3.05) is 0 Å². The number of aromatic nitrogens is 6. The molecule has 3 aromatic heterocycles. The molecule has 1 atom stereocenters. The molecule has 6 nitrogen and oxygen atoms in total. The Bertz CT molecular complexity index is 752. The lowest BCUT2D eigenvalue weighted by atomic mass is 10.3. The van der Waals surface area contributed by atoms with Crippen molar-refractivity contribution in [2.45, 2.75) is 13.0 Å². The lowest BCUT2D eigenvalue weighted by molar-refractivity contribution is 0.578. The standard InChI is InChI=1S/C11H12N6S/c1-7(9-15-13-6-16(9)2)17-10-8(14-11(17)18)4-3-5-12-10/h3-7H,1-2H3,(H,14,18). The fraction of sp³-hybridized carbons (Fsp3) is 0.273. The van der Waals surface area contributed by atoms with Crippen molar-refractivity contribution in [1.29, 1.82) is 0 Å². The monoisotopic (exact) mass is 260 g/mol. The molecule has 0 aromatic carbocycles. The van der Waals surface area contributed by atoms with Crippen LogP contribution in [0.1, 0.15) is 18.8 Å². The van der Waals surface area contributed by atoms with E-state index in [0.29, 0.717) is 4.77 Å². The van der Waals surface area contributed by atoms with E-state index in [1.54, 1.807) is 12.5 Å². The van der Waals surface area contributed by atoms with Crippen LogP contribution in [-0.4, -0.2) is 29.3 Å². The molecule has 3 heterocycles. The van der Waals surface area contributed by atoms with Gasteiger partial charge in [-0.3, -0.25) is 4.57 Å². The average Bonchev–Trinajstić information content (AvgIpc) is 2.91. The van der Waals surface area contributed by atoms with Crippen LogP contribution in [0.2, 0.25) is 0 Å². The molecule has 0 aliphatic rings. The minimum absolute atomic E-state index is 0.0198. The van der Waals surface area contributed by atoms with Gasteiger partial charge in [0, 0.05) is 13.2 Å². The molecule has 0 bridgehead atoms. The summed E-state index contributed by atoms with van der Waals surface area (Å²) in [6, 6.07) is 3.82. The molecule has 1 N–H and O–H groups in total. The smallest absolute Gasteiger partial charge is 0.179 e. The Kier molecular flexibility index (Phi) is 2.48. The number of aromatic amines is 1. The van der Waals surface area contributed by atoms with Gasteiger partial charge in [-0.25, -0.2) is 4.98 Å². The van der Waals surface area contributed by atoms with Gasteiger partial charge in [-0.2, -0.15) is 0 Å². The second-order valence-electron chi connectivity index (χ2n) is 4.15. The second-order valence-corrected chi connectivity index (χ2v) is 4.54. The highest BCUT2D eigenvalue weighted by Crippen LogP contribution is 2.21. The third-order valence-corrected chi connectivity index (χ3v) is 3.28. The molecule has 0 aliphatic heterocycles. The van der Waals surface area contributed by atoms with Crippen LogP contribution >= 0.6 is 12.2 Å². The molecule has 92 valence electrons. The van der Waals surface area contributed by atoms with Crippen molar-refractivity contribution in [3.63, 3.8) is 0 Å². The average molecular weight is 260 g/mol. The Morgan fingerprint density at radius 2 is 2.28 bits per heavy atom. The quantitative estimate of drug-likeness (QED) is 0.714. The topological polar surface area (TPSA) is 64.3 Å². The number of fused-ring (bicyclic) bond motifs is 1. The van der Waals surface area contributed by atoms with Gasteiger partial charge >= 0.3 is 0 Å². The van der Waals surface area contributed by atoms with Crippen molar-refractivity contribution in [2.24, 2.45) is 7.05 Å². The lowest BCUT2D eigenvalue weighted by Gasteiger charge is -2.12. The molecule has 0 aliphatic carbocycles. The highest BCUT2D eigenvalue weighted by Gasteiger charge is 2.17. The molecule has 3 aromatic rings. The summed E-state index contributed by atoms with van der Waals surface area (Å²) >= 11 is 5.36. The van der Waals surface area contributed by atoms with Crippen LogP contribution in [0.3, 0.4) is 0 Å². The molecule has 18 heavy (non-hydrogen) atoms. The zero-order valence-electron chi connectivity index (χ0n) is 10.0. The lowest BCUT2D eigenvalue weighted by Crippen LogP contribution is -2.12. The summed E-state index contributed by atoms with van der Waals surface area (Å²) in [5.41, 5.74) is 1.76. The van der Waals surface area contributed by atoms with E-state index in [4.69, 9.17) is 12.2 Å². The largest absolute Gasteiger partial charge is 0.329 e. The van der Waals surface area contributed by atoms with Crippen molar-refractivity contribution < 1.29 is 0 Å². The summed E-state index contributed by atoms with van der Waals surface area (Å²) in [6.45, 7) is 2.03. The zero-order valence-corrected chi connectivity index (χ0v) is 10.8. The maximum absolute atomic E-state index is 5.36. The van der Waals surface area contributed by atoms with Crippen LogP contribution in [-0.2, 0) is 7.05 Å². The number of H-pyrrole nitrogens is 1. The molecule has 1 unspecified atom stereocenters. The van der Waals surface area contributed by atoms with E-state index >= 15 is 0 Å². The van der Waals surface area contributed by atoms with Gasteiger partial charge in [0.2, 0.25) is 0 Å². The first-order chi connectivity index (χ1) is 8.68. The highest BCUT2D eigenvalue weighted by atomic mass is 32.1. The van der Waals surface area contributed by atoms with Gasteiger partial charge in [0.15, 0.2) is 16.2 Å². The third kappa shape index (κ3) is 1.55. The molecule has 0 fully saturated rings. The molecular formula is C11H12N6S. The Hall–Kier alpha value is -2.02. The van der Waals surface area contributed by atoms with E-state index in [1.807, 2.05) is 35.2 Å². The van der Waals surface area contributed by atoms with Gasteiger partial charge in [0.05, 0.1) is 11.6 Å². The molecule has 7 heteroatoms. The van der Waals surface area contributed by atoms with Crippen LogP contribution in [0.15, 0.2) is 24.7 Å². The Morgan fingerprint density at radius 3 is 3.00 bits per heavy atom. The summed E-state index contributed by atoms with van der Waals surface area (Å²) < 4.78 is 4.47. The molecule has 0 radical (unpaired) electrons. The van der Waals surface area contributed by atoms with Gasteiger partial charge in [-0.05, 0) is 31.3 Å². The summed E-state index contributed by atoms with van der Waals surface area (Å²) in [4.78, 5) is 7.52. The number of rotatable bonds is 2. The predicted molar refractivity (Wildman–Crippen MR) is 69.7 cm³/mol. The van der Waals surface area contributed by atoms with Gasteiger partial charge < -0.3 is 9.55 Å². The normalized spacial score (nSPS) is 13.0. The summed E-state index contributed by atoms with van der Waals surface area (Å²) in [5.74, 6) is 0.845. The molecule has 0 amide bonds. The summed E-state index contributed by atoms with van der Waals surface area (Å²) in [6.07, 6.45) is 3.43. The van der Waals surface area contributed by atoms with E-state index in [9.17, 15) is 0 Å². The van der Waals surface area contributed by atoms with Crippen molar-refractivity contribution in [3.05, 3.63) is 35.3 Å². The second kappa shape index (κ2) is 4.02. The summed E-state index contributed by atoms with van der Waals surface area (Å²) in [5, 5.41) is 8.02. The predicted octanol–water partition coefficient (Wildman–Crippen LogP) is 1.83. The van der Waals surface area contributed by atoms with Crippen LogP contribution in [0.4, 0.5) is 0 Å². The van der Waals surface area contributed by atoms with Gasteiger partial charge in [-0.1, -0.05) is 0 Å². The number of hydrogen-bond donors (Lipinski definition) is 1. The molecule has 3 rings (SSSR count). The first-order valence-corrected chi connectivity index (χ1v) is 5.98. The van der Waals surface area contributed by atoms with Crippen LogP contribution < -0.4 is 0 Å². The molecule has 0 saturated carbocycles.